The van der Waals surface area contributed by atoms with Gasteiger partial charge in [0.25, 0.3) is 0 Å². The molecule has 0 aliphatic heterocycles. The number of ether oxygens (including phenoxy) is 1. The molecule has 0 fully saturated rings. The first-order valence-electron chi connectivity index (χ1n) is 5.67. The van der Waals surface area contributed by atoms with E-state index in [2.05, 4.69) is 9.73 Å². The average molecular weight is 257 g/mol. The van der Waals surface area contributed by atoms with Gasteiger partial charge in [-0.15, -0.1) is 0 Å². The zero-order valence-electron chi connectivity index (χ0n) is 10.3. The van der Waals surface area contributed by atoms with Gasteiger partial charge >= 0.3 is 5.97 Å². The maximum absolute atomic E-state index is 12.7. The van der Waals surface area contributed by atoms with Crippen molar-refractivity contribution < 1.29 is 13.9 Å². The van der Waals surface area contributed by atoms with Crippen molar-refractivity contribution in [1.29, 1.82) is 0 Å². The maximum atomic E-state index is 12.7. The predicted molar refractivity (Wildman–Crippen MR) is 71.4 cm³/mol. The lowest BCUT2D eigenvalue weighted by Crippen LogP contribution is -2.01. The Morgan fingerprint density at radius 3 is 2.63 bits per heavy atom. The topological polar surface area (TPSA) is 38.7 Å². The van der Waals surface area contributed by atoms with Crippen LogP contribution in [0.4, 0.5) is 10.1 Å². The van der Waals surface area contributed by atoms with Gasteiger partial charge in [-0.25, -0.2) is 9.18 Å². The lowest BCUT2D eigenvalue weighted by molar-refractivity contribution is 0.0600. The molecule has 0 heterocycles. The maximum Gasteiger partial charge on any atom is 0.337 e. The summed E-state index contributed by atoms with van der Waals surface area (Å²) in [6.07, 6.45) is 1.61. The van der Waals surface area contributed by atoms with Crippen LogP contribution in [0.3, 0.4) is 0 Å². The van der Waals surface area contributed by atoms with Crippen molar-refractivity contribution in [3.05, 3.63) is 65.5 Å². The fraction of sp³-hybridized carbons (Fsp3) is 0.0667. The molecule has 0 N–H and O–H groups in total. The first kappa shape index (κ1) is 13.0. The summed E-state index contributed by atoms with van der Waals surface area (Å²) >= 11 is 0. The summed E-state index contributed by atoms with van der Waals surface area (Å²) in [6.45, 7) is 0. The molecule has 0 amide bonds. The Hall–Kier alpha value is -2.49. The van der Waals surface area contributed by atoms with Gasteiger partial charge in [-0.1, -0.05) is 12.1 Å². The van der Waals surface area contributed by atoms with E-state index in [4.69, 9.17) is 0 Å². The van der Waals surface area contributed by atoms with E-state index < -0.39 is 5.97 Å². The summed E-state index contributed by atoms with van der Waals surface area (Å²) in [7, 11) is 1.33. The first-order valence-corrected chi connectivity index (χ1v) is 5.67. The van der Waals surface area contributed by atoms with Crippen molar-refractivity contribution in [3.63, 3.8) is 0 Å². The Morgan fingerprint density at radius 1 is 1.21 bits per heavy atom. The average Bonchev–Trinajstić information content (AvgIpc) is 2.46. The largest absolute Gasteiger partial charge is 0.465 e. The zero-order chi connectivity index (χ0) is 13.7. The van der Waals surface area contributed by atoms with Gasteiger partial charge < -0.3 is 4.74 Å². The van der Waals surface area contributed by atoms with E-state index in [0.29, 0.717) is 11.3 Å². The Balaban J connectivity index is 2.19. The van der Waals surface area contributed by atoms with Gasteiger partial charge in [0.15, 0.2) is 0 Å². The lowest BCUT2D eigenvalue weighted by atomic mass is 10.1. The fourth-order valence-electron chi connectivity index (χ4n) is 1.54. The molecule has 0 saturated heterocycles. The van der Waals surface area contributed by atoms with Gasteiger partial charge in [0, 0.05) is 6.21 Å². The van der Waals surface area contributed by atoms with Crippen molar-refractivity contribution in [2.45, 2.75) is 0 Å². The van der Waals surface area contributed by atoms with Crippen LogP contribution in [-0.4, -0.2) is 19.3 Å². The van der Waals surface area contributed by atoms with E-state index in [1.54, 1.807) is 36.5 Å². The van der Waals surface area contributed by atoms with E-state index in [9.17, 15) is 9.18 Å². The second kappa shape index (κ2) is 5.91. The number of benzene rings is 2. The predicted octanol–water partition coefficient (Wildman–Crippen LogP) is 3.36. The van der Waals surface area contributed by atoms with Crippen LogP contribution in [0, 0.1) is 5.82 Å². The van der Waals surface area contributed by atoms with Crippen molar-refractivity contribution in [2.75, 3.05) is 7.11 Å². The van der Waals surface area contributed by atoms with Crippen LogP contribution in [0.5, 0.6) is 0 Å². The van der Waals surface area contributed by atoms with E-state index in [1.165, 1.54) is 19.2 Å². The summed E-state index contributed by atoms with van der Waals surface area (Å²) in [5.74, 6) is -0.691. The third-order valence-corrected chi connectivity index (χ3v) is 2.50. The minimum Gasteiger partial charge on any atom is -0.465 e. The van der Waals surface area contributed by atoms with Crippen molar-refractivity contribution in [2.24, 2.45) is 4.99 Å². The Kier molecular flexibility index (Phi) is 4.03. The van der Waals surface area contributed by atoms with Gasteiger partial charge in [-0.2, -0.15) is 0 Å². The minimum absolute atomic E-state index is 0.299. The van der Waals surface area contributed by atoms with Crippen LogP contribution in [0.1, 0.15) is 15.9 Å². The van der Waals surface area contributed by atoms with Gasteiger partial charge in [0.1, 0.15) is 5.82 Å². The summed E-state index contributed by atoms with van der Waals surface area (Å²) in [5.41, 5.74) is 1.88. The monoisotopic (exact) mass is 257 g/mol. The number of rotatable bonds is 3. The molecule has 3 nitrogen and oxygen atoms in total. The summed E-state index contributed by atoms with van der Waals surface area (Å²) in [4.78, 5) is 15.6. The van der Waals surface area contributed by atoms with Crippen LogP contribution < -0.4 is 0 Å². The number of carbonyl (C=O) groups is 1. The second-order valence-electron chi connectivity index (χ2n) is 3.85. The molecular weight excluding hydrogens is 245 g/mol. The SMILES string of the molecule is COC(=O)c1cccc(/C=N\c2ccc(F)cc2)c1. The summed E-state index contributed by atoms with van der Waals surface area (Å²) in [5, 5.41) is 0. The van der Waals surface area contributed by atoms with E-state index in [1.807, 2.05) is 6.07 Å². The van der Waals surface area contributed by atoms with E-state index >= 15 is 0 Å². The zero-order valence-corrected chi connectivity index (χ0v) is 10.3. The third-order valence-electron chi connectivity index (χ3n) is 2.50. The molecule has 0 saturated carbocycles. The highest BCUT2D eigenvalue weighted by Crippen LogP contribution is 2.12. The van der Waals surface area contributed by atoms with E-state index in [0.717, 1.165) is 5.56 Å². The Bertz CT molecular complexity index is 606. The number of methoxy groups -OCH3 is 1. The lowest BCUT2D eigenvalue weighted by Gasteiger charge is -2.00. The summed E-state index contributed by atoms with van der Waals surface area (Å²) in [6, 6.07) is 12.8. The van der Waals surface area contributed by atoms with Gasteiger partial charge in [0.05, 0.1) is 18.4 Å². The van der Waals surface area contributed by atoms with Crippen LogP contribution in [0.15, 0.2) is 53.5 Å². The Labute approximate surface area is 110 Å². The van der Waals surface area contributed by atoms with Gasteiger partial charge in [0.2, 0.25) is 0 Å². The molecule has 0 spiro atoms. The van der Waals surface area contributed by atoms with Crippen LogP contribution in [0.2, 0.25) is 0 Å². The molecular formula is C15H12FNO2. The normalized spacial score (nSPS) is 10.6. The molecule has 0 atom stereocenters. The molecule has 0 bridgehead atoms. The molecule has 19 heavy (non-hydrogen) atoms. The number of aliphatic imine (C=N–C) groups is 1. The van der Waals surface area contributed by atoms with E-state index in [-0.39, 0.29) is 5.82 Å². The smallest absolute Gasteiger partial charge is 0.337 e. The molecule has 0 radical (unpaired) electrons. The van der Waals surface area contributed by atoms with Crippen molar-refractivity contribution >= 4 is 17.9 Å². The number of halogens is 1. The van der Waals surface area contributed by atoms with Crippen LogP contribution >= 0.6 is 0 Å². The summed E-state index contributed by atoms with van der Waals surface area (Å²) < 4.78 is 17.4. The van der Waals surface area contributed by atoms with Crippen molar-refractivity contribution in [1.82, 2.24) is 0 Å². The molecule has 2 aromatic carbocycles. The number of esters is 1. The molecule has 0 unspecified atom stereocenters. The van der Waals surface area contributed by atoms with Crippen LogP contribution in [0.25, 0.3) is 0 Å². The second-order valence-corrected chi connectivity index (χ2v) is 3.85. The number of nitrogens with zero attached hydrogens (tertiary/aromatic N) is 1. The number of hydrogen-bond acceptors (Lipinski definition) is 3. The quantitative estimate of drug-likeness (QED) is 0.624. The Morgan fingerprint density at radius 2 is 1.95 bits per heavy atom. The highest BCUT2D eigenvalue weighted by Gasteiger charge is 2.04. The molecule has 96 valence electrons. The van der Waals surface area contributed by atoms with Gasteiger partial charge in [-0.05, 0) is 42.0 Å². The molecule has 2 rings (SSSR count). The van der Waals surface area contributed by atoms with Gasteiger partial charge in [-0.3, -0.25) is 4.99 Å². The molecule has 2 aromatic rings. The number of hydrogen-bond donors (Lipinski definition) is 0. The molecule has 4 heteroatoms. The van der Waals surface area contributed by atoms with Crippen molar-refractivity contribution in [3.8, 4) is 0 Å². The highest BCUT2D eigenvalue weighted by molar-refractivity contribution is 5.92. The molecule has 0 aromatic heterocycles. The fourth-order valence-corrected chi connectivity index (χ4v) is 1.54. The standard InChI is InChI=1S/C15H12FNO2/c1-19-15(18)12-4-2-3-11(9-12)10-17-14-7-5-13(16)6-8-14/h2-10H,1H3/b17-10-. The van der Waals surface area contributed by atoms with Crippen LogP contribution in [-0.2, 0) is 4.74 Å². The minimum atomic E-state index is -0.392. The molecule has 0 aliphatic carbocycles. The first-order chi connectivity index (χ1) is 9.19. The third kappa shape index (κ3) is 3.48. The highest BCUT2D eigenvalue weighted by atomic mass is 19.1. The molecule has 0 aliphatic rings. The number of carbonyl (C=O) groups excluding carboxylic acids is 1.